The highest BCUT2D eigenvalue weighted by molar-refractivity contribution is 4.89. The molecule has 1 aliphatic carbocycles. The fourth-order valence-corrected chi connectivity index (χ4v) is 3.94. The summed E-state index contributed by atoms with van der Waals surface area (Å²) in [5.74, 6) is 1.98. The molecule has 0 bridgehead atoms. The van der Waals surface area contributed by atoms with Gasteiger partial charge in [0.25, 0.3) is 0 Å². The summed E-state index contributed by atoms with van der Waals surface area (Å²) in [6.07, 6.45) is 10.1. The van der Waals surface area contributed by atoms with Gasteiger partial charge in [0.05, 0.1) is 11.7 Å². The van der Waals surface area contributed by atoms with E-state index in [9.17, 15) is 5.11 Å². The fourth-order valence-electron chi connectivity index (χ4n) is 3.94. The second-order valence-corrected chi connectivity index (χ2v) is 7.32. The van der Waals surface area contributed by atoms with E-state index in [0.717, 1.165) is 37.7 Å². The van der Waals surface area contributed by atoms with Crippen molar-refractivity contribution in [2.75, 3.05) is 6.61 Å². The second kappa shape index (κ2) is 6.58. The van der Waals surface area contributed by atoms with Crippen molar-refractivity contribution < 1.29 is 9.84 Å². The Balaban J connectivity index is 1.84. The van der Waals surface area contributed by atoms with Crippen LogP contribution in [0, 0.1) is 17.8 Å². The molecular weight excluding hydrogens is 236 g/mol. The molecule has 3 unspecified atom stereocenters. The van der Waals surface area contributed by atoms with Crippen LogP contribution >= 0.6 is 0 Å². The molecule has 1 aliphatic heterocycles. The van der Waals surface area contributed by atoms with Gasteiger partial charge in [0.2, 0.25) is 0 Å². The van der Waals surface area contributed by atoms with E-state index in [4.69, 9.17) is 4.74 Å². The molecule has 0 radical (unpaired) electrons. The zero-order chi connectivity index (χ0) is 13.9. The highest BCUT2D eigenvalue weighted by atomic mass is 16.5. The Morgan fingerprint density at radius 3 is 2.47 bits per heavy atom. The van der Waals surface area contributed by atoms with Gasteiger partial charge in [-0.1, -0.05) is 52.9 Å². The maximum atomic E-state index is 10.7. The van der Waals surface area contributed by atoms with Gasteiger partial charge in [-0.05, 0) is 30.6 Å². The van der Waals surface area contributed by atoms with E-state index in [0.29, 0.717) is 5.92 Å². The molecule has 2 fully saturated rings. The summed E-state index contributed by atoms with van der Waals surface area (Å²) in [4.78, 5) is 0. The summed E-state index contributed by atoms with van der Waals surface area (Å²) in [6.45, 7) is 7.39. The van der Waals surface area contributed by atoms with Crippen LogP contribution < -0.4 is 0 Å². The first-order valence-electron chi connectivity index (χ1n) is 8.35. The monoisotopic (exact) mass is 268 g/mol. The fraction of sp³-hybridized carbons (Fsp3) is 1.00. The van der Waals surface area contributed by atoms with Gasteiger partial charge in [0.1, 0.15) is 0 Å². The standard InChI is InChI=1S/C17H32O2/c1-13(2)17(18)9-10-19-16(12-17)11-14(3)15-7-5-4-6-8-15/h13-16,18H,4-12H2,1-3H3. The van der Waals surface area contributed by atoms with Crippen molar-refractivity contribution in [3.63, 3.8) is 0 Å². The average molecular weight is 268 g/mol. The molecule has 2 aliphatic rings. The van der Waals surface area contributed by atoms with Crippen LogP contribution in [-0.4, -0.2) is 23.4 Å². The summed E-state index contributed by atoms with van der Waals surface area (Å²) < 4.78 is 5.93. The van der Waals surface area contributed by atoms with E-state index in [-0.39, 0.29) is 6.10 Å². The van der Waals surface area contributed by atoms with Crippen LogP contribution in [0.2, 0.25) is 0 Å². The van der Waals surface area contributed by atoms with Gasteiger partial charge in [-0.3, -0.25) is 0 Å². The summed E-state index contributed by atoms with van der Waals surface area (Å²) in [7, 11) is 0. The lowest BCUT2D eigenvalue weighted by molar-refractivity contribution is -0.131. The van der Waals surface area contributed by atoms with Crippen molar-refractivity contribution in [2.24, 2.45) is 17.8 Å². The van der Waals surface area contributed by atoms with Crippen LogP contribution in [0.5, 0.6) is 0 Å². The number of ether oxygens (including phenoxy) is 1. The molecule has 0 aromatic rings. The van der Waals surface area contributed by atoms with Crippen LogP contribution in [0.15, 0.2) is 0 Å². The molecule has 112 valence electrons. The number of rotatable bonds is 4. The number of aliphatic hydroxyl groups is 1. The molecule has 1 saturated carbocycles. The number of hydrogen-bond donors (Lipinski definition) is 1. The molecule has 1 N–H and O–H groups in total. The summed E-state index contributed by atoms with van der Waals surface area (Å²) in [5, 5.41) is 10.7. The van der Waals surface area contributed by atoms with E-state index in [1.54, 1.807) is 0 Å². The Bertz CT molecular complexity index is 270. The molecule has 1 saturated heterocycles. The topological polar surface area (TPSA) is 29.5 Å². The molecule has 0 amide bonds. The average Bonchev–Trinajstić information content (AvgIpc) is 2.39. The Labute approximate surface area is 118 Å². The molecule has 2 heteroatoms. The van der Waals surface area contributed by atoms with Crippen molar-refractivity contribution in [2.45, 2.75) is 83.8 Å². The predicted molar refractivity (Wildman–Crippen MR) is 79.1 cm³/mol. The molecule has 0 aromatic carbocycles. The number of hydrogen-bond acceptors (Lipinski definition) is 2. The van der Waals surface area contributed by atoms with Gasteiger partial charge in [-0.25, -0.2) is 0 Å². The molecular formula is C17H32O2. The molecule has 19 heavy (non-hydrogen) atoms. The zero-order valence-electron chi connectivity index (χ0n) is 13.0. The Hall–Kier alpha value is -0.0800. The van der Waals surface area contributed by atoms with Crippen molar-refractivity contribution >= 4 is 0 Å². The lowest BCUT2D eigenvalue weighted by atomic mass is 9.75. The molecule has 2 nitrogen and oxygen atoms in total. The largest absolute Gasteiger partial charge is 0.389 e. The highest BCUT2D eigenvalue weighted by Crippen LogP contribution is 2.37. The van der Waals surface area contributed by atoms with Crippen LogP contribution in [-0.2, 0) is 4.74 Å². The van der Waals surface area contributed by atoms with Crippen molar-refractivity contribution in [3.8, 4) is 0 Å². The smallest absolute Gasteiger partial charge is 0.0717 e. The summed E-state index contributed by atoms with van der Waals surface area (Å²) >= 11 is 0. The van der Waals surface area contributed by atoms with E-state index in [1.807, 2.05) is 0 Å². The minimum atomic E-state index is -0.491. The van der Waals surface area contributed by atoms with Gasteiger partial charge in [-0.2, -0.15) is 0 Å². The lowest BCUT2D eigenvalue weighted by Gasteiger charge is -2.41. The first-order chi connectivity index (χ1) is 9.01. The first-order valence-corrected chi connectivity index (χ1v) is 8.35. The van der Waals surface area contributed by atoms with Crippen LogP contribution in [0.1, 0.15) is 72.1 Å². The van der Waals surface area contributed by atoms with Crippen molar-refractivity contribution in [1.82, 2.24) is 0 Å². The minimum Gasteiger partial charge on any atom is -0.389 e. The van der Waals surface area contributed by atoms with E-state index < -0.39 is 5.60 Å². The van der Waals surface area contributed by atoms with E-state index >= 15 is 0 Å². The third kappa shape index (κ3) is 3.95. The van der Waals surface area contributed by atoms with Crippen LogP contribution in [0.25, 0.3) is 0 Å². The molecule has 1 heterocycles. The third-order valence-corrected chi connectivity index (χ3v) is 5.63. The zero-order valence-corrected chi connectivity index (χ0v) is 13.0. The van der Waals surface area contributed by atoms with Crippen molar-refractivity contribution in [1.29, 1.82) is 0 Å². The molecule has 2 rings (SSSR count). The van der Waals surface area contributed by atoms with Gasteiger partial charge in [-0.15, -0.1) is 0 Å². The summed E-state index contributed by atoms with van der Waals surface area (Å²) in [6, 6.07) is 0. The molecule has 0 aromatic heterocycles. The minimum absolute atomic E-state index is 0.276. The molecule has 3 atom stereocenters. The van der Waals surface area contributed by atoms with E-state index in [2.05, 4.69) is 20.8 Å². The lowest BCUT2D eigenvalue weighted by Crippen LogP contribution is -2.45. The Kier molecular flexibility index (Phi) is 5.30. The van der Waals surface area contributed by atoms with Gasteiger partial charge >= 0.3 is 0 Å². The van der Waals surface area contributed by atoms with Crippen molar-refractivity contribution in [3.05, 3.63) is 0 Å². The summed E-state index contributed by atoms with van der Waals surface area (Å²) in [5.41, 5.74) is -0.491. The second-order valence-electron chi connectivity index (χ2n) is 7.32. The quantitative estimate of drug-likeness (QED) is 0.829. The molecule has 0 spiro atoms. The maximum absolute atomic E-state index is 10.7. The Morgan fingerprint density at radius 2 is 1.84 bits per heavy atom. The third-order valence-electron chi connectivity index (χ3n) is 5.63. The van der Waals surface area contributed by atoms with Gasteiger partial charge in [0, 0.05) is 13.0 Å². The van der Waals surface area contributed by atoms with Gasteiger partial charge < -0.3 is 9.84 Å². The van der Waals surface area contributed by atoms with E-state index in [1.165, 1.54) is 32.1 Å². The normalized spacial score (nSPS) is 35.5. The van der Waals surface area contributed by atoms with Crippen LogP contribution in [0.3, 0.4) is 0 Å². The Morgan fingerprint density at radius 1 is 1.16 bits per heavy atom. The predicted octanol–water partition coefficient (Wildman–Crippen LogP) is 4.16. The maximum Gasteiger partial charge on any atom is 0.0717 e. The van der Waals surface area contributed by atoms with Crippen LogP contribution in [0.4, 0.5) is 0 Å². The first kappa shape index (κ1) is 15.3. The van der Waals surface area contributed by atoms with Gasteiger partial charge in [0.15, 0.2) is 0 Å². The highest BCUT2D eigenvalue weighted by Gasteiger charge is 2.38. The SMILES string of the molecule is CC(CC1CC(O)(C(C)C)CCO1)C1CCCCC1.